The lowest BCUT2D eigenvalue weighted by Gasteiger charge is -2.08. The number of benzene rings is 1. The summed E-state index contributed by atoms with van der Waals surface area (Å²) in [6.45, 7) is 2.35. The van der Waals surface area contributed by atoms with Crippen molar-refractivity contribution in [1.82, 2.24) is 10.6 Å². The Morgan fingerprint density at radius 1 is 1.32 bits per heavy atom. The lowest BCUT2D eigenvalue weighted by molar-refractivity contribution is -0.124. The van der Waals surface area contributed by atoms with E-state index in [1.165, 1.54) is 15.3 Å². The predicted molar refractivity (Wildman–Crippen MR) is 89.1 cm³/mol. The molecular weight excluding hydrogens is 296 g/mol. The van der Waals surface area contributed by atoms with E-state index in [9.17, 15) is 4.79 Å². The van der Waals surface area contributed by atoms with Crippen LogP contribution in [0.25, 0.3) is 10.4 Å². The summed E-state index contributed by atoms with van der Waals surface area (Å²) in [5, 5.41) is 6.25. The van der Waals surface area contributed by atoms with Gasteiger partial charge in [-0.1, -0.05) is 0 Å². The molecule has 1 atom stereocenters. The van der Waals surface area contributed by atoms with Gasteiger partial charge in [0.05, 0.1) is 19.6 Å². The molecule has 0 spiro atoms. The van der Waals surface area contributed by atoms with Crippen LogP contribution in [0.1, 0.15) is 11.3 Å². The average molecular weight is 316 g/mol. The number of nitrogens with one attached hydrogen (secondary N) is 2. The molecule has 2 N–H and O–H groups in total. The highest BCUT2D eigenvalue weighted by molar-refractivity contribution is 7.15. The third-order valence-electron chi connectivity index (χ3n) is 3.90. The zero-order valence-corrected chi connectivity index (χ0v) is 13.4. The molecule has 2 aromatic rings. The quantitative estimate of drug-likeness (QED) is 0.891. The Labute approximate surface area is 134 Å². The van der Waals surface area contributed by atoms with Gasteiger partial charge in [-0.15, -0.1) is 11.3 Å². The average Bonchev–Trinajstić information content (AvgIpc) is 3.24. The minimum absolute atomic E-state index is 0.126. The lowest BCUT2D eigenvalue weighted by Crippen LogP contribution is -2.31. The van der Waals surface area contributed by atoms with Crippen molar-refractivity contribution in [2.45, 2.75) is 13.0 Å². The maximum Gasteiger partial charge on any atom is 0.224 e. The highest BCUT2D eigenvalue weighted by Crippen LogP contribution is 2.29. The third-order valence-corrected chi connectivity index (χ3v) is 5.04. The highest BCUT2D eigenvalue weighted by Gasteiger charge is 2.21. The summed E-state index contributed by atoms with van der Waals surface area (Å²) in [7, 11) is 1.67. The van der Waals surface area contributed by atoms with Crippen LogP contribution in [0.5, 0.6) is 5.75 Å². The summed E-state index contributed by atoms with van der Waals surface area (Å²) in [6, 6.07) is 12.2. The predicted octanol–water partition coefficient (Wildman–Crippen LogP) is 2.65. The van der Waals surface area contributed by atoms with E-state index in [0.717, 1.165) is 25.3 Å². The fourth-order valence-corrected chi connectivity index (χ4v) is 3.53. The molecule has 4 nitrogen and oxygen atoms in total. The van der Waals surface area contributed by atoms with Gasteiger partial charge in [0.2, 0.25) is 5.91 Å². The molecule has 0 radical (unpaired) electrons. The molecule has 1 aliphatic heterocycles. The summed E-state index contributed by atoms with van der Waals surface area (Å²) in [6.07, 6.45) is 0.938. The highest BCUT2D eigenvalue weighted by atomic mass is 32.1. The van der Waals surface area contributed by atoms with Crippen molar-refractivity contribution in [3.63, 3.8) is 0 Å². The number of amides is 1. The first-order chi connectivity index (χ1) is 10.8. The van der Waals surface area contributed by atoms with Gasteiger partial charge in [0, 0.05) is 16.3 Å². The Bertz CT molecular complexity index is 630. The van der Waals surface area contributed by atoms with Crippen molar-refractivity contribution in [2.24, 2.45) is 5.92 Å². The number of thiophene rings is 1. The van der Waals surface area contributed by atoms with E-state index in [0.29, 0.717) is 6.54 Å². The standard InChI is InChI=1S/C17H20N2O2S/c1-21-14-4-2-12(3-5-14)16-7-6-15(22-16)11-19-17(20)13-8-9-18-10-13/h2-7,13,18H,8-11H2,1H3,(H,19,20). The SMILES string of the molecule is COc1ccc(-c2ccc(CNC(=O)C3CCNC3)s2)cc1. The molecule has 5 heteroatoms. The number of ether oxygens (including phenoxy) is 1. The summed E-state index contributed by atoms with van der Waals surface area (Å²) < 4.78 is 5.17. The summed E-state index contributed by atoms with van der Waals surface area (Å²) in [4.78, 5) is 14.4. The van der Waals surface area contributed by atoms with Gasteiger partial charge in [-0.25, -0.2) is 0 Å². The number of hydrogen-bond donors (Lipinski definition) is 2. The van der Waals surface area contributed by atoms with Crippen LogP contribution in [0.15, 0.2) is 36.4 Å². The van der Waals surface area contributed by atoms with Crippen LogP contribution in [0.3, 0.4) is 0 Å². The van der Waals surface area contributed by atoms with Crippen LogP contribution in [0, 0.1) is 5.92 Å². The van der Waals surface area contributed by atoms with Crippen LogP contribution in [0.2, 0.25) is 0 Å². The van der Waals surface area contributed by atoms with Crippen molar-refractivity contribution >= 4 is 17.2 Å². The Kier molecular flexibility index (Phi) is 4.75. The van der Waals surface area contributed by atoms with E-state index >= 15 is 0 Å². The fourth-order valence-electron chi connectivity index (χ4n) is 2.58. The molecule has 116 valence electrons. The summed E-state index contributed by atoms with van der Waals surface area (Å²) in [5.41, 5.74) is 1.17. The van der Waals surface area contributed by atoms with Crippen molar-refractivity contribution < 1.29 is 9.53 Å². The van der Waals surface area contributed by atoms with E-state index < -0.39 is 0 Å². The molecular formula is C17H20N2O2S. The molecule has 1 fully saturated rings. The van der Waals surface area contributed by atoms with Gasteiger partial charge in [-0.2, -0.15) is 0 Å². The zero-order chi connectivity index (χ0) is 15.4. The van der Waals surface area contributed by atoms with Crippen molar-refractivity contribution in [3.8, 4) is 16.2 Å². The van der Waals surface area contributed by atoms with E-state index in [1.54, 1.807) is 18.4 Å². The summed E-state index contributed by atoms with van der Waals surface area (Å²) >= 11 is 1.71. The Morgan fingerprint density at radius 3 is 2.82 bits per heavy atom. The number of carbonyl (C=O) groups excluding carboxylic acids is 1. The molecule has 1 aromatic heterocycles. The minimum Gasteiger partial charge on any atom is -0.497 e. The topological polar surface area (TPSA) is 50.4 Å². The summed E-state index contributed by atoms with van der Waals surface area (Å²) in [5.74, 6) is 1.14. The van der Waals surface area contributed by atoms with Gasteiger partial charge >= 0.3 is 0 Å². The minimum atomic E-state index is 0.126. The molecule has 1 unspecified atom stereocenters. The molecule has 1 aromatic carbocycles. The van der Waals surface area contributed by atoms with Gasteiger partial charge in [-0.05, 0) is 54.9 Å². The number of hydrogen-bond acceptors (Lipinski definition) is 4. The second-order valence-electron chi connectivity index (χ2n) is 5.40. The zero-order valence-electron chi connectivity index (χ0n) is 12.6. The second-order valence-corrected chi connectivity index (χ2v) is 6.57. The first kappa shape index (κ1) is 15.1. The smallest absolute Gasteiger partial charge is 0.224 e. The number of rotatable bonds is 5. The lowest BCUT2D eigenvalue weighted by atomic mass is 10.1. The molecule has 1 aliphatic rings. The van der Waals surface area contributed by atoms with Gasteiger partial charge in [0.15, 0.2) is 0 Å². The largest absolute Gasteiger partial charge is 0.497 e. The first-order valence-corrected chi connectivity index (χ1v) is 8.29. The van der Waals surface area contributed by atoms with Crippen LogP contribution >= 0.6 is 11.3 Å². The van der Waals surface area contributed by atoms with Gasteiger partial charge in [-0.3, -0.25) is 4.79 Å². The van der Waals surface area contributed by atoms with E-state index in [4.69, 9.17) is 4.74 Å². The van der Waals surface area contributed by atoms with Crippen LogP contribution in [0.4, 0.5) is 0 Å². The fraction of sp³-hybridized carbons (Fsp3) is 0.353. The maximum absolute atomic E-state index is 12.0. The molecule has 0 aliphatic carbocycles. The van der Waals surface area contributed by atoms with Crippen molar-refractivity contribution in [1.29, 1.82) is 0 Å². The van der Waals surface area contributed by atoms with Gasteiger partial charge in [0.1, 0.15) is 5.75 Å². The van der Waals surface area contributed by atoms with E-state index in [-0.39, 0.29) is 11.8 Å². The normalized spacial score (nSPS) is 17.4. The molecule has 1 saturated heterocycles. The number of carbonyl (C=O) groups is 1. The molecule has 3 rings (SSSR count). The molecule has 0 saturated carbocycles. The second kappa shape index (κ2) is 6.94. The maximum atomic E-state index is 12.0. The Hall–Kier alpha value is -1.85. The van der Waals surface area contributed by atoms with Crippen molar-refractivity contribution in [3.05, 3.63) is 41.3 Å². The van der Waals surface area contributed by atoms with Crippen LogP contribution in [-0.4, -0.2) is 26.1 Å². The third kappa shape index (κ3) is 3.48. The first-order valence-electron chi connectivity index (χ1n) is 7.48. The molecule has 0 bridgehead atoms. The molecule has 22 heavy (non-hydrogen) atoms. The molecule has 1 amide bonds. The van der Waals surface area contributed by atoms with Gasteiger partial charge in [0.25, 0.3) is 0 Å². The van der Waals surface area contributed by atoms with Crippen LogP contribution in [-0.2, 0) is 11.3 Å². The Balaban J connectivity index is 1.59. The number of methoxy groups -OCH3 is 1. The van der Waals surface area contributed by atoms with E-state index in [1.807, 2.05) is 12.1 Å². The molecule has 2 heterocycles. The van der Waals surface area contributed by atoms with Gasteiger partial charge < -0.3 is 15.4 Å². The van der Waals surface area contributed by atoms with E-state index in [2.05, 4.69) is 34.9 Å². The van der Waals surface area contributed by atoms with Crippen LogP contribution < -0.4 is 15.4 Å². The monoisotopic (exact) mass is 316 g/mol. The van der Waals surface area contributed by atoms with Crippen molar-refractivity contribution in [2.75, 3.05) is 20.2 Å². The Morgan fingerprint density at radius 2 is 2.14 bits per heavy atom.